The highest BCUT2D eigenvalue weighted by molar-refractivity contribution is 6.10. The number of rotatable bonds is 11. The second-order valence-electron chi connectivity index (χ2n) is 16.8. The summed E-state index contributed by atoms with van der Waals surface area (Å²) in [6.07, 6.45) is 5.67. The summed E-state index contributed by atoms with van der Waals surface area (Å²) in [7, 11) is 0. The molecule has 2 unspecified atom stereocenters. The van der Waals surface area contributed by atoms with Crippen molar-refractivity contribution in [2.45, 2.75) is 50.2 Å². The molecule has 2 atom stereocenters. The third-order valence-corrected chi connectivity index (χ3v) is 13.1. The quantitative estimate of drug-likeness (QED) is 0.128. The first-order chi connectivity index (χ1) is 30.5. The van der Waals surface area contributed by atoms with Crippen LogP contribution >= 0.6 is 0 Å². The fraction of sp³-hybridized carbons (Fsp3) is 0.133. The van der Waals surface area contributed by atoms with Crippen LogP contribution in [0.15, 0.2) is 212 Å². The van der Waals surface area contributed by atoms with Gasteiger partial charge in [-0.25, -0.2) is 0 Å². The maximum atomic E-state index is 14.4. The van der Waals surface area contributed by atoms with Gasteiger partial charge in [0.1, 0.15) is 11.2 Å². The summed E-state index contributed by atoms with van der Waals surface area (Å²) in [6, 6.07) is 73.3. The molecule has 0 spiro atoms. The number of benzene rings is 9. The Morgan fingerprint density at radius 2 is 0.742 bits per heavy atom. The highest BCUT2D eigenvalue weighted by Gasteiger charge is 2.54. The summed E-state index contributed by atoms with van der Waals surface area (Å²) in [5, 5.41) is 30.9. The molecule has 0 saturated carbocycles. The van der Waals surface area contributed by atoms with Gasteiger partial charge in [-0.05, 0) is 95.9 Å². The van der Waals surface area contributed by atoms with Crippen molar-refractivity contribution < 1.29 is 10.2 Å². The van der Waals surface area contributed by atoms with Crippen molar-refractivity contribution in [2.24, 2.45) is 0 Å². The van der Waals surface area contributed by atoms with E-state index < -0.39 is 11.2 Å². The van der Waals surface area contributed by atoms with E-state index in [1.807, 2.05) is 48.5 Å². The summed E-state index contributed by atoms with van der Waals surface area (Å²) in [4.78, 5) is 0. The van der Waals surface area contributed by atoms with E-state index in [1.165, 1.54) is 24.8 Å². The standard InChI is InChI=1S/C60H50O2/c1-2-3-4-9-20-42-31-40-51-52(41-42)56(48-27-16-8-17-28-48)58-57(55(51)47-25-14-7-15-26-47)59(61,49-36-32-45(33-37-49)43-21-10-5-11-22-43)53-29-18-19-30-54(53)60(58,62)50-38-34-46(35-39-50)44-23-12-6-13-24-44/h5-8,10-19,21-41,61-62H,2-4,9,20H2,1H3. The van der Waals surface area contributed by atoms with E-state index in [9.17, 15) is 10.2 Å². The Morgan fingerprint density at radius 3 is 1.18 bits per heavy atom. The summed E-state index contributed by atoms with van der Waals surface area (Å²) >= 11 is 0. The van der Waals surface area contributed by atoms with Crippen LogP contribution in [0.25, 0.3) is 55.3 Å². The third-order valence-electron chi connectivity index (χ3n) is 13.1. The molecule has 0 radical (unpaired) electrons. The van der Waals surface area contributed by atoms with Gasteiger partial charge in [0.25, 0.3) is 0 Å². The lowest BCUT2D eigenvalue weighted by Crippen LogP contribution is -2.45. The van der Waals surface area contributed by atoms with Gasteiger partial charge >= 0.3 is 0 Å². The molecule has 62 heavy (non-hydrogen) atoms. The number of unbranched alkanes of at least 4 members (excludes halogenated alkanes) is 3. The fourth-order valence-corrected chi connectivity index (χ4v) is 10.0. The second kappa shape index (κ2) is 16.6. The molecule has 2 heteroatoms. The maximum Gasteiger partial charge on any atom is 0.142 e. The molecule has 0 aliphatic heterocycles. The van der Waals surface area contributed by atoms with Crippen LogP contribution in [-0.2, 0) is 17.6 Å². The fourth-order valence-electron chi connectivity index (χ4n) is 10.0. The molecule has 0 aromatic heterocycles. The topological polar surface area (TPSA) is 40.5 Å². The van der Waals surface area contributed by atoms with Crippen molar-refractivity contribution in [1.82, 2.24) is 0 Å². The van der Waals surface area contributed by atoms with Crippen molar-refractivity contribution in [3.8, 4) is 44.5 Å². The Kier molecular flexibility index (Phi) is 10.5. The van der Waals surface area contributed by atoms with Gasteiger partial charge in [0.15, 0.2) is 0 Å². The lowest BCUT2D eigenvalue weighted by atomic mass is 9.59. The summed E-state index contributed by atoms with van der Waals surface area (Å²) < 4.78 is 0. The summed E-state index contributed by atoms with van der Waals surface area (Å²) in [5.41, 5.74) is 10.2. The molecule has 0 fully saturated rings. The predicted octanol–water partition coefficient (Wildman–Crippen LogP) is 14.5. The Hall–Kier alpha value is -6.84. The van der Waals surface area contributed by atoms with Gasteiger partial charge in [0, 0.05) is 11.1 Å². The van der Waals surface area contributed by atoms with Gasteiger partial charge in [0.2, 0.25) is 0 Å². The van der Waals surface area contributed by atoms with Crippen molar-refractivity contribution >= 4 is 10.8 Å². The normalized spacial score (nSPS) is 16.8. The van der Waals surface area contributed by atoms with Crippen LogP contribution in [0.1, 0.15) is 71.6 Å². The van der Waals surface area contributed by atoms with E-state index in [4.69, 9.17) is 0 Å². The molecular weight excluding hydrogens is 753 g/mol. The zero-order valence-electron chi connectivity index (χ0n) is 35.1. The Labute approximate surface area is 365 Å². The van der Waals surface area contributed by atoms with Gasteiger partial charge in [0.05, 0.1) is 0 Å². The van der Waals surface area contributed by atoms with Gasteiger partial charge in [-0.15, -0.1) is 0 Å². The van der Waals surface area contributed by atoms with Gasteiger partial charge in [-0.1, -0.05) is 239 Å². The molecule has 9 aromatic carbocycles. The largest absolute Gasteiger partial charge is 0.376 e. The highest BCUT2D eigenvalue weighted by atomic mass is 16.3. The molecule has 1 aliphatic carbocycles. The van der Waals surface area contributed by atoms with Crippen molar-refractivity contribution in [3.63, 3.8) is 0 Å². The molecule has 0 heterocycles. The molecule has 0 bridgehead atoms. The number of hydrogen-bond acceptors (Lipinski definition) is 2. The first kappa shape index (κ1) is 39.3. The predicted molar refractivity (Wildman–Crippen MR) is 257 cm³/mol. The first-order valence-electron chi connectivity index (χ1n) is 22.1. The maximum absolute atomic E-state index is 14.4. The highest BCUT2D eigenvalue weighted by Crippen LogP contribution is 2.60. The van der Waals surface area contributed by atoms with Crippen LogP contribution in [0.4, 0.5) is 0 Å². The Bertz CT molecular complexity index is 2980. The molecule has 302 valence electrons. The van der Waals surface area contributed by atoms with Crippen LogP contribution in [0.5, 0.6) is 0 Å². The van der Waals surface area contributed by atoms with Gasteiger partial charge < -0.3 is 10.2 Å². The minimum atomic E-state index is -1.68. The lowest BCUT2D eigenvalue weighted by molar-refractivity contribution is 0.0759. The van der Waals surface area contributed by atoms with Crippen molar-refractivity contribution in [1.29, 1.82) is 0 Å². The molecule has 2 N–H and O–H groups in total. The van der Waals surface area contributed by atoms with E-state index in [0.29, 0.717) is 22.3 Å². The molecule has 10 rings (SSSR count). The molecule has 0 saturated heterocycles. The van der Waals surface area contributed by atoms with E-state index in [-0.39, 0.29) is 0 Å². The zero-order chi connectivity index (χ0) is 42.1. The average molecular weight is 803 g/mol. The van der Waals surface area contributed by atoms with E-state index in [2.05, 4.69) is 171 Å². The van der Waals surface area contributed by atoms with E-state index >= 15 is 0 Å². The van der Waals surface area contributed by atoms with Crippen LogP contribution in [-0.4, -0.2) is 10.2 Å². The molecule has 2 nitrogen and oxygen atoms in total. The van der Waals surface area contributed by atoms with Gasteiger partial charge in [-0.2, -0.15) is 0 Å². The zero-order valence-corrected chi connectivity index (χ0v) is 35.1. The van der Waals surface area contributed by atoms with Crippen LogP contribution in [0.2, 0.25) is 0 Å². The Morgan fingerprint density at radius 1 is 0.355 bits per heavy atom. The molecule has 9 aromatic rings. The SMILES string of the molecule is CCCCCCc1ccc2c(-c3ccccc3)c3c(c(-c4ccccc4)c2c1)C(O)(c1ccc(-c2ccccc2)cc1)c1ccccc1C3(O)c1ccc(-c2ccccc2)cc1. The number of aryl methyl sites for hydroxylation is 1. The minimum absolute atomic E-state index is 0.651. The smallest absolute Gasteiger partial charge is 0.142 e. The monoisotopic (exact) mass is 802 g/mol. The summed E-state index contributed by atoms with van der Waals surface area (Å²) in [5.74, 6) is 0. The molecular formula is C60H50O2. The van der Waals surface area contributed by atoms with E-state index in [1.54, 1.807) is 0 Å². The second-order valence-corrected chi connectivity index (χ2v) is 16.8. The summed E-state index contributed by atoms with van der Waals surface area (Å²) in [6.45, 7) is 2.25. The Balaban J connectivity index is 1.36. The third kappa shape index (κ3) is 6.68. The van der Waals surface area contributed by atoms with Crippen molar-refractivity contribution in [3.05, 3.63) is 251 Å². The van der Waals surface area contributed by atoms with E-state index in [0.717, 1.165) is 79.2 Å². The van der Waals surface area contributed by atoms with Crippen LogP contribution < -0.4 is 0 Å². The number of fused-ring (bicyclic) bond motifs is 3. The minimum Gasteiger partial charge on any atom is -0.376 e. The van der Waals surface area contributed by atoms with Crippen molar-refractivity contribution in [2.75, 3.05) is 0 Å². The van der Waals surface area contributed by atoms with Crippen LogP contribution in [0.3, 0.4) is 0 Å². The molecule has 0 amide bonds. The first-order valence-corrected chi connectivity index (χ1v) is 22.1. The van der Waals surface area contributed by atoms with Gasteiger partial charge in [-0.3, -0.25) is 0 Å². The van der Waals surface area contributed by atoms with Crippen LogP contribution in [0, 0.1) is 0 Å². The molecule has 1 aliphatic rings. The number of aliphatic hydroxyl groups is 2. The number of hydrogen-bond donors (Lipinski definition) is 2. The lowest BCUT2D eigenvalue weighted by Gasteiger charge is -2.47. The average Bonchev–Trinajstić information content (AvgIpc) is 3.35.